The molecule has 0 aromatic heterocycles. The molecule has 1 aliphatic heterocycles. The molecular formula is C17H13F4NO. The van der Waals surface area contributed by atoms with Crippen LogP contribution in [0.2, 0.25) is 0 Å². The summed E-state index contributed by atoms with van der Waals surface area (Å²) in [6.45, 7) is 0.738. The topological polar surface area (TPSA) is 20.3 Å². The molecule has 2 aromatic carbocycles. The van der Waals surface area contributed by atoms with E-state index in [2.05, 4.69) is 0 Å². The second-order valence-electron chi connectivity index (χ2n) is 5.65. The molecule has 23 heavy (non-hydrogen) atoms. The van der Waals surface area contributed by atoms with Crippen molar-refractivity contribution in [2.45, 2.75) is 6.42 Å². The fourth-order valence-electron chi connectivity index (χ4n) is 2.70. The second-order valence-corrected chi connectivity index (χ2v) is 5.65. The number of nitrogens with zero attached hydrogens (tertiary/aromatic N) is 1. The van der Waals surface area contributed by atoms with Crippen LogP contribution < -0.4 is 0 Å². The maximum Gasteiger partial charge on any atom is 0.256 e. The lowest BCUT2D eigenvalue weighted by molar-refractivity contribution is 0.0495. The van der Waals surface area contributed by atoms with E-state index in [-0.39, 0.29) is 11.5 Å². The van der Waals surface area contributed by atoms with Crippen molar-refractivity contribution in [2.75, 3.05) is 13.1 Å². The van der Waals surface area contributed by atoms with Crippen molar-refractivity contribution in [1.29, 1.82) is 0 Å². The number of halogens is 4. The predicted octanol–water partition coefficient (Wildman–Crippen LogP) is 3.56. The Kier molecular flexibility index (Phi) is 4.07. The molecule has 1 amide bonds. The summed E-state index contributed by atoms with van der Waals surface area (Å²) in [5.74, 6) is -3.73. The molecule has 2 aromatic rings. The summed E-state index contributed by atoms with van der Waals surface area (Å²) < 4.78 is 52.7. The third kappa shape index (κ3) is 3.21. The van der Waals surface area contributed by atoms with Crippen molar-refractivity contribution in [3.63, 3.8) is 0 Å². The number of hydrogen-bond acceptors (Lipinski definition) is 1. The Bertz CT molecular complexity index is 756. The Labute approximate surface area is 130 Å². The number of hydrogen-bond donors (Lipinski definition) is 0. The maximum atomic E-state index is 13.6. The van der Waals surface area contributed by atoms with Gasteiger partial charge in [0, 0.05) is 13.1 Å². The lowest BCUT2D eigenvalue weighted by Gasteiger charge is -2.39. The average Bonchev–Trinajstić information content (AvgIpc) is 2.48. The van der Waals surface area contributed by atoms with Gasteiger partial charge in [-0.25, -0.2) is 17.6 Å². The largest absolute Gasteiger partial charge is 0.338 e. The van der Waals surface area contributed by atoms with Gasteiger partial charge in [-0.15, -0.1) is 0 Å². The standard InChI is InChI=1S/C17H13F4NO/c18-12-2-4-14(19)13(7-12)17(23)22-8-11(9-22)5-10-1-3-15(20)16(21)6-10/h1-4,6-7,11H,5,8-9H2. The minimum atomic E-state index is -0.906. The zero-order chi connectivity index (χ0) is 16.6. The molecule has 1 fully saturated rings. The van der Waals surface area contributed by atoms with Gasteiger partial charge < -0.3 is 4.90 Å². The predicted molar refractivity (Wildman–Crippen MR) is 75.8 cm³/mol. The van der Waals surface area contributed by atoms with Crippen molar-refractivity contribution in [2.24, 2.45) is 5.92 Å². The van der Waals surface area contributed by atoms with E-state index in [4.69, 9.17) is 0 Å². The molecule has 1 heterocycles. The van der Waals surface area contributed by atoms with Gasteiger partial charge in [-0.3, -0.25) is 4.79 Å². The highest BCUT2D eigenvalue weighted by atomic mass is 19.2. The van der Waals surface area contributed by atoms with Crippen LogP contribution >= 0.6 is 0 Å². The van der Waals surface area contributed by atoms with Gasteiger partial charge in [0.15, 0.2) is 11.6 Å². The number of carbonyl (C=O) groups is 1. The monoisotopic (exact) mass is 323 g/mol. The van der Waals surface area contributed by atoms with Crippen LogP contribution in [0.4, 0.5) is 17.6 Å². The number of amides is 1. The van der Waals surface area contributed by atoms with Gasteiger partial charge in [0.25, 0.3) is 5.91 Å². The van der Waals surface area contributed by atoms with Crippen LogP contribution in [0.1, 0.15) is 15.9 Å². The molecule has 0 atom stereocenters. The molecule has 3 rings (SSSR count). The van der Waals surface area contributed by atoms with Crippen molar-refractivity contribution < 1.29 is 22.4 Å². The van der Waals surface area contributed by atoms with E-state index in [1.165, 1.54) is 11.0 Å². The third-order valence-electron chi connectivity index (χ3n) is 3.91. The van der Waals surface area contributed by atoms with Gasteiger partial charge in [0.1, 0.15) is 11.6 Å². The van der Waals surface area contributed by atoms with Crippen molar-refractivity contribution >= 4 is 5.91 Å². The molecule has 0 bridgehead atoms. The van der Waals surface area contributed by atoms with E-state index in [1.54, 1.807) is 0 Å². The minimum Gasteiger partial charge on any atom is -0.338 e. The summed E-state index contributed by atoms with van der Waals surface area (Å²) >= 11 is 0. The molecule has 0 spiro atoms. The third-order valence-corrected chi connectivity index (χ3v) is 3.91. The molecule has 1 aliphatic rings. The Hall–Kier alpha value is -2.37. The van der Waals surface area contributed by atoms with Gasteiger partial charge in [0.2, 0.25) is 0 Å². The highest BCUT2D eigenvalue weighted by Crippen LogP contribution is 2.24. The molecule has 0 saturated carbocycles. The molecule has 0 N–H and O–H groups in total. The SMILES string of the molecule is O=C(c1cc(F)ccc1F)N1CC(Cc2ccc(F)c(F)c2)C1. The van der Waals surface area contributed by atoms with Crippen LogP contribution in [-0.2, 0) is 6.42 Å². The molecule has 0 radical (unpaired) electrons. The van der Waals surface area contributed by atoms with Crippen molar-refractivity contribution in [1.82, 2.24) is 4.90 Å². The van der Waals surface area contributed by atoms with Gasteiger partial charge in [-0.05, 0) is 48.2 Å². The summed E-state index contributed by atoms with van der Waals surface area (Å²) in [5.41, 5.74) is 0.342. The van der Waals surface area contributed by atoms with Crippen LogP contribution in [0, 0.1) is 29.2 Å². The van der Waals surface area contributed by atoms with E-state index in [1.807, 2.05) is 0 Å². The molecule has 6 heteroatoms. The lowest BCUT2D eigenvalue weighted by atomic mass is 9.91. The fourth-order valence-corrected chi connectivity index (χ4v) is 2.70. The first-order chi connectivity index (χ1) is 10.9. The zero-order valence-electron chi connectivity index (χ0n) is 12.0. The molecular weight excluding hydrogens is 310 g/mol. The number of rotatable bonds is 3. The summed E-state index contributed by atoms with van der Waals surface area (Å²) in [6, 6.07) is 6.44. The lowest BCUT2D eigenvalue weighted by Crippen LogP contribution is -2.50. The Morgan fingerprint density at radius 1 is 0.957 bits per heavy atom. The van der Waals surface area contributed by atoms with Crippen molar-refractivity contribution in [3.05, 3.63) is 70.8 Å². The van der Waals surface area contributed by atoms with E-state index >= 15 is 0 Å². The van der Waals surface area contributed by atoms with Crippen LogP contribution in [-0.4, -0.2) is 23.9 Å². The highest BCUT2D eigenvalue weighted by Gasteiger charge is 2.32. The number of carbonyl (C=O) groups excluding carboxylic acids is 1. The first-order valence-corrected chi connectivity index (χ1v) is 7.12. The van der Waals surface area contributed by atoms with E-state index < -0.39 is 29.2 Å². The molecule has 0 aliphatic carbocycles. The van der Waals surface area contributed by atoms with Gasteiger partial charge in [-0.2, -0.15) is 0 Å². The first-order valence-electron chi connectivity index (χ1n) is 7.12. The van der Waals surface area contributed by atoms with Crippen LogP contribution in [0.5, 0.6) is 0 Å². The fraction of sp³-hybridized carbons (Fsp3) is 0.235. The second kappa shape index (κ2) is 6.02. The smallest absolute Gasteiger partial charge is 0.256 e. The summed E-state index contributed by atoms with van der Waals surface area (Å²) in [5, 5.41) is 0. The first kappa shape index (κ1) is 15.5. The van der Waals surface area contributed by atoms with Gasteiger partial charge in [-0.1, -0.05) is 6.07 Å². The van der Waals surface area contributed by atoms with Crippen molar-refractivity contribution in [3.8, 4) is 0 Å². The van der Waals surface area contributed by atoms with Crippen LogP contribution in [0.15, 0.2) is 36.4 Å². The van der Waals surface area contributed by atoms with E-state index in [0.717, 1.165) is 30.3 Å². The zero-order valence-corrected chi connectivity index (χ0v) is 12.0. The molecule has 120 valence electrons. The molecule has 1 saturated heterocycles. The van der Waals surface area contributed by atoms with Crippen LogP contribution in [0.25, 0.3) is 0 Å². The quantitative estimate of drug-likeness (QED) is 0.791. The van der Waals surface area contributed by atoms with Crippen LogP contribution in [0.3, 0.4) is 0 Å². The van der Waals surface area contributed by atoms with E-state index in [9.17, 15) is 22.4 Å². The maximum absolute atomic E-state index is 13.6. The normalized spacial score (nSPS) is 14.7. The van der Waals surface area contributed by atoms with Gasteiger partial charge in [0.05, 0.1) is 5.56 Å². The Morgan fingerprint density at radius 2 is 1.65 bits per heavy atom. The summed E-state index contributed by atoms with van der Waals surface area (Å²) in [6.07, 6.45) is 0.493. The Morgan fingerprint density at radius 3 is 2.35 bits per heavy atom. The number of benzene rings is 2. The summed E-state index contributed by atoms with van der Waals surface area (Å²) in [4.78, 5) is 13.5. The average molecular weight is 323 g/mol. The highest BCUT2D eigenvalue weighted by molar-refractivity contribution is 5.95. The molecule has 2 nitrogen and oxygen atoms in total. The molecule has 0 unspecified atom stereocenters. The Balaban J connectivity index is 1.61. The van der Waals surface area contributed by atoms with Gasteiger partial charge >= 0.3 is 0 Å². The number of likely N-dealkylation sites (tertiary alicyclic amines) is 1. The van der Waals surface area contributed by atoms with E-state index in [0.29, 0.717) is 25.1 Å². The minimum absolute atomic E-state index is 0.0837. The summed E-state index contributed by atoms with van der Waals surface area (Å²) in [7, 11) is 0.